The van der Waals surface area contributed by atoms with Crippen molar-refractivity contribution in [1.82, 2.24) is 0 Å². The van der Waals surface area contributed by atoms with Crippen molar-refractivity contribution in [2.45, 2.75) is 154 Å². The van der Waals surface area contributed by atoms with Crippen LogP contribution in [0.25, 0.3) is 0 Å². The summed E-state index contributed by atoms with van der Waals surface area (Å²) >= 11 is 0. The topological polar surface area (TPSA) is 52.6 Å². The van der Waals surface area contributed by atoms with E-state index in [2.05, 4.69) is 24.3 Å². The highest BCUT2D eigenvalue weighted by atomic mass is 19.1. The van der Waals surface area contributed by atoms with Gasteiger partial charge in [-0.3, -0.25) is 0 Å². The van der Waals surface area contributed by atoms with Crippen molar-refractivity contribution in [1.29, 1.82) is 0 Å². The number of hydrogen-bond donors (Lipinski definition) is 0. The van der Waals surface area contributed by atoms with E-state index in [1.54, 1.807) is 0 Å². The molecule has 4 nitrogen and oxygen atoms in total. The number of benzene rings is 1. The van der Waals surface area contributed by atoms with E-state index >= 15 is 0 Å². The fraction of sp³-hybridized carbons (Fsp3) is 0.765. The van der Waals surface area contributed by atoms with Gasteiger partial charge in [0, 0.05) is 0 Å². The molecular weight excluding hydrogens is 510 g/mol. The van der Waals surface area contributed by atoms with E-state index in [9.17, 15) is 18.4 Å². The summed E-state index contributed by atoms with van der Waals surface area (Å²) < 4.78 is 38.7. The van der Waals surface area contributed by atoms with Crippen LogP contribution in [0.15, 0.2) is 24.3 Å². The van der Waals surface area contributed by atoms with Crippen LogP contribution < -0.4 is 0 Å². The summed E-state index contributed by atoms with van der Waals surface area (Å²) in [6.45, 7) is 3.98. The molecule has 0 spiro atoms. The molecule has 3 rings (SSSR count). The van der Waals surface area contributed by atoms with Crippen molar-refractivity contribution in [3.05, 3.63) is 35.4 Å². The molecule has 1 aromatic carbocycles. The van der Waals surface area contributed by atoms with E-state index in [4.69, 9.17) is 9.47 Å². The van der Waals surface area contributed by atoms with Gasteiger partial charge in [0.1, 0.15) is 12.2 Å². The van der Waals surface area contributed by atoms with Crippen LogP contribution in [0.1, 0.15) is 128 Å². The minimum atomic E-state index is -1.47. The van der Waals surface area contributed by atoms with Crippen molar-refractivity contribution in [2.24, 2.45) is 11.8 Å². The maximum absolute atomic E-state index is 13.9. The SMILES string of the molecule is CCCC[C@@H](F)C(=O)OC1CCC(CCc2ccc(CCC3CCC(OC(=O)[C@H](F)CCCC)CC3)cc2)CC1. The molecule has 2 aliphatic carbocycles. The monoisotopic (exact) mass is 562 g/mol. The van der Waals surface area contributed by atoms with Gasteiger partial charge in [-0.25, -0.2) is 18.4 Å². The maximum Gasteiger partial charge on any atom is 0.340 e. The molecule has 0 radical (unpaired) electrons. The van der Waals surface area contributed by atoms with Crippen molar-refractivity contribution in [2.75, 3.05) is 0 Å². The lowest BCUT2D eigenvalue weighted by Crippen LogP contribution is -2.29. The predicted molar refractivity (Wildman–Crippen MR) is 156 cm³/mol. The van der Waals surface area contributed by atoms with Gasteiger partial charge < -0.3 is 9.47 Å². The van der Waals surface area contributed by atoms with Gasteiger partial charge in [0.2, 0.25) is 0 Å². The zero-order valence-electron chi connectivity index (χ0n) is 24.9. The molecule has 2 fully saturated rings. The summed E-state index contributed by atoms with van der Waals surface area (Å²) in [4.78, 5) is 23.9. The molecule has 40 heavy (non-hydrogen) atoms. The highest BCUT2D eigenvalue weighted by molar-refractivity contribution is 5.75. The Morgan fingerprint density at radius 3 is 1.35 bits per heavy atom. The molecule has 0 heterocycles. The number of aryl methyl sites for hydroxylation is 2. The van der Waals surface area contributed by atoms with Crippen LogP contribution in [0.4, 0.5) is 8.78 Å². The largest absolute Gasteiger partial charge is 0.460 e. The second kappa shape index (κ2) is 17.7. The second-order valence-corrected chi connectivity index (χ2v) is 12.3. The van der Waals surface area contributed by atoms with E-state index in [0.29, 0.717) is 24.7 Å². The average Bonchev–Trinajstić information content (AvgIpc) is 2.98. The lowest BCUT2D eigenvalue weighted by atomic mass is 9.83. The molecule has 226 valence electrons. The Hall–Kier alpha value is -1.98. The van der Waals surface area contributed by atoms with E-state index in [1.807, 2.05) is 13.8 Å². The Morgan fingerprint density at radius 1 is 0.675 bits per heavy atom. The number of hydrogen-bond acceptors (Lipinski definition) is 4. The normalized spacial score (nSPS) is 24.7. The summed E-state index contributed by atoms with van der Waals surface area (Å²) in [6.07, 6.45) is 12.5. The predicted octanol–water partition coefficient (Wildman–Crippen LogP) is 8.81. The Bertz CT molecular complexity index is 786. The van der Waals surface area contributed by atoms with Gasteiger partial charge >= 0.3 is 11.9 Å². The van der Waals surface area contributed by atoms with Crippen LogP contribution in [0.3, 0.4) is 0 Å². The van der Waals surface area contributed by atoms with E-state index in [1.165, 1.54) is 11.1 Å². The number of carbonyl (C=O) groups is 2. The molecule has 0 aromatic heterocycles. The number of alkyl halides is 2. The first-order chi connectivity index (χ1) is 19.4. The molecule has 0 N–H and O–H groups in total. The van der Waals surface area contributed by atoms with E-state index < -0.39 is 24.3 Å². The minimum absolute atomic E-state index is 0.119. The molecule has 6 heteroatoms. The van der Waals surface area contributed by atoms with Gasteiger partial charge in [0.25, 0.3) is 0 Å². The number of carbonyl (C=O) groups excluding carboxylic acids is 2. The van der Waals surface area contributed by atoms with Crippen LogP contribution in [0.5, 0.6) is 0 Å². The number of rotatable bonds is 16. The van der Waals surface area contributed by atoms with Crippen molar-refractivity contribution in [3.63, 3.8) is 0 Å². The van der Waals surface area contributed by atoms with E-state index in [-0.39, 0.29) is 25.0 Å². The van der Waals surface area contributed by atoms with Crippen molar-refractivity contribution < 1.29 is 27.8 Å². The quantitative estimate of drug-likeness (QED) is 0.189. The molecule has 0 saturated heterocycles. The van der Waals surface area contributed by atoms with Gasteiger partial charge in [0.15, 0.2) is 12.3 Å². The van der Waals surface area contributed by atoms with E-state index in [0.717, 1.165) is 89.9 Å². The lowest BCUT2D eigenvalue weighted by Gasteiger charge is -2.29. The standard InChI is InChI=1S/C34H52F2O4/c1-3-5-7-31(35)33(37)39-29-21-17-27(18-22-29)15-13-25-9-11-26(12-10-25)14-16-28-19-23-30(24-20-28)40-34(38)32(36)8-6-4-2/h9-12,27-32H,3-8,13-24H2,1-2H3/t27?,28?,29?,30?,31-,32-/m1/s1. The zero-order valence-corrected chi connectivity index (χ0v) is 24.9. The second-order valence-electron chi connectivity index (χ2n) is 12.3. The van der Waals surface area contributed by atoms with Gasteiger partial charge in [-0.15, -0.1) is 0 Å². The fourth-order valence-corrected chi connectivity index (χ4v) is 6.17. The zero-order chi connectivity index (χ0) is 28.7. The van der Waals surface area contributed by atoms with Crippen LogP contribution in [-0.4, -0.2) is 36.5 Å². The molecule has 0 aliphatic heterocycles. The third kappa shape index (κ3) is 11.5. The highest BCUT2D eigenvalue weighted by Crippen LogP contribution is 2.32. The Balaban J connectivity index is 1.27. The maximum atomic E-state index is 13.9. The molecule has 2 aliphatic rings. The van der Waals surface area contributed by atoms with Gasteiger partial charge in [-0.1, -0.05) is 63.8 Å². The summed E-state index contributed by atoms with van der Waals surface area (Å²) in [6, 6.07) is 9.01. The molecular formula is C34H52F2O4. The van der Waals surface area contributed by atoms with Gasteiger partial charge in [0.05, 0.1) is 0 Å². The molecule has 0 amide bonds. The lowest BCUT2D eigenvalue weighted by molar-refractivity contribution is -0.158. The number of esters is 2. The van der Waals surface area contributed by atoms with Gasteiger partial charge in [-0.2, -0.15) is 0 Å². The van der Waals surface area contributed by atoms with Crippen molar-refractivity contribution in [3.8, 4) is 0 Å². The number of halogens is 2. The third-order valence-corrected chi connectivity index (χ3v) is 8.99. The number of unbranched alkanes of at least 4 members (excludes halogenated alkanes) is 2. The van der Waals surface area contributed by atoms with Crippen LogP contribution in [-0.2, 0) is 31.9 Å². The first-order valence-electron chi connectivity index (χ1n) is 16.1. The summed E-state index contributed by atoms with van der Waals surface area (Å²) in [5, 5.41) is 0. The molecule has 0 bridgehead atoms. The molecule has 2 atom stereocenters. The summed E-state index contributed by atoms with van der Waals surface area (Å²) in [5.74, 6) is -0.0610. The first kappa shape index (κ1) is 32.5. The van der Waals surface area contributed by atoms with Crippen LogP contribution >= 0.6 is 0 Å². The molecule has 1 aromatic rings. The van der Waals surface area contributed by atoms with Gasteiger partial charge in [-0.05, 0) is 113 Å². The number of ether oxygens (including phenoxy) is 2. The van der Waals surface area contributed by atoms with Crippen LogP contribution in [0, 0.1) is 11.8 Å². The van der Waals surface area contributed by atoms with Crippen molar-refractivity contribution >= 4 is 11.9 Å². The molecule has 0 unspecified atom stereocenters. The Morgan fingerprint density at radius 2 is 1.02 bits per heavy atom. The summed E-state index contributed by atoms with van der Waals surface area (Å²) in [5.41, 5.74) is 2.72. The van der Waals surface area contributed by atoms with Crippen LogP contribution in [0.2, 0.25) is 0 Å². The minimum Gasteiger partial charge on any atom is -0.460 e. The Labute approximate surface area is 241 Å². The third-order valence-electron chi connectivity index (χ3n) is 8.99. The fourth-order valence-electron chi connectivity index (χ4n) is 6.17. The first-order valence-corrected chi connectivity index (χ1v) is 16.1. The summed E-state index contributed by atoms with van der Waals surface area (Å²) in [7, 11) is 0. The average molecular weight is 563 g/mol. The molecule has 2 saturated carbocycles. The Kier molecular flexibility index (Phi) is 14.4. The highest BCUT2D eigenvalue weighted by Gasteiger charge is 2.28. The smallest absolute Gasteiger partial charge is 0.340 e.